The van der Waals surface area contributed by atoms with E-state index in [2.05, 4.69) is 4.99 Å². The van der Waals surface area contributed by atoms with Crippen molar-refractivity contribution < 1.29 is 42.5 Å². The van der Waals surface area contributed by atoms with Crippen LogP contribution in [0.25, 0.3) is 0 Å². The fourth-order valence-corrected chi connectivity index (χ4v) is 0.543. The molecule has 0 aliphatic carbocycles. The van der Waals surface area contributed by atoms with Crippen molar-refractivity contribution in [2.45, 2.75) is 0 Å². The van der Waals surface area contributed by atoms with E-state index in [1.165, 1.54) is 6.19 Å². The Morgan fingerprint density at radius 2 is 2.25 bits per heavy atom. The van der Waals surface area contributed by atoms with Gasteiger partial charge < -0.3 is 10.3 Å². The SMILES string of the molecule is N#CN/C(N)=N/CS(=O)(=O)[O-].[Na+]. The van der Waals surface area contributed by atoms with E-state index in [0.29, 0.717) is 0 Å². The molecule has 9 heteroatoms. The van der Waals surface area contributed by atoms with Crippen molar-refractivity contribution in [1.82, 2.24) is 5.32 Å². The molecule has 0 spiro atoms. The summed E-state index contributed by atoms with van der Waals surface area (Å²) in [5.74, 6) is -1.36. The van der Waals surface area contributed by atoms with E-state index in [4.69, 9.17) is 11.0 Å². The van der Waals surface area contributed by atoms with Crippen LogP contribution in [0.1, 0.15) is 0 Å². The summed E-state index contributed by atoms with van der Waals surface area (Å²) >= 11 is 0. The summed E-state index contributed by atoms with van der Waals surface area (Å²) in [4.78, 5) is 3.05. The molecular formula is C3H5N4NaO3S. The zero-order chi connectivity index (χ0) is 8.91. The monoisotopic (exact) mass is 200 g/mol. The molecule has 0 aromatic carbocycles. The molecule has 7 nitrogen and oxygen atoms in total. The van der Waals surface area contributed by atoms with E-state index in [1.54, 1.807) is 0 Å². The van der Waals surface area contributed by atoms with Crippen molar-refractivity contribution in [3.05, 3.63) is 0 Å². The Labute approximate surface area is 91.7 Å². The van der Waals surface area contributed by atoms with Crippen molar-refractivity contribution in [2.75, 3.05) is 5.88 Å². The average molecular weight is 200 g/mol. The van der Waals surface area contributed by atoms with E-state index in [-0.39, 0.29) is 29.6 Å². The Morgan fingerprint density at radius 3 is 2.58 bits per heavy atom. The molecule has 0 heterocycles. The molecule has 12 heavy (non-hydrogen) atoms. The summed E-state index contributed by atoms with van der Waals surface area (Å²) in [7, 11) is -4.40. The molecule has 0 amide bonds. The van der Waals surface area contributed by atoms with Gasteiger partial charge in [-0.1, -0.05) is 0 Å². The fourth-order valence-electron chi connectivity index (χ4n) is 0.245. The maximum absolute atomic E-state index is 9.91. The molecule has 0 aromatic heterocycles. The van der Waals surface area contributed by atoms with Crippen LogP contribution >= 0.6 is 0 Å². The second kappa shape index (κ2) is 6.22. The van der Waals surface area contributed by atoms with Crippen molar-refractivity contribution in [3.63, 3.8) is 0 Å². The van der Waals surface area contributed by atoms with E-state index in [0.717, 1.165) is 0 Å². The number of guanidine groups is 1. The minimum absolute atomic E-state index is 0. The summed E-state index contributed by atoms with van der Waals surface area (Å²) in [6.07, 6.45) is 1.40. The second-order valence-corrected chi connectivity index (χ2v) is 2.84. The zero-order valence-electron chi connectivity index (χ0n) is 6.31. The first-order valence-electron chi connectivity index (χ1n) is 2.34. The smallest absolute Gasteiger partial charge is 0.747 e. The van der Waals surface area contributed by atoms with E-state index in [1.807, 2.05) is 5.32 Å². The summed E-state index contributed by atoms with van der Waals surface area (Å²) in [5, 5.41) is 9.76. The quantitative estimate of drug-likeness (QED) is 0.114. The third-order valence-corrected chi connectivity index (χ3v) is 1.02. The first-order chi connectivity index (χ1) is 4.95. The van der Waals surface area contributed by atoms with Crippen molar-refractivity contribution in [3.8, 4) is 6.19 Å². The van der Waals surface area contributed by atoms with E-state index in [9.17, 15) is 13.0 Å². The zero-order valence-corrected chi connectivity index (χ0v) is 9.13. The van der Waals surface area contributed by atoms with Crippen LogP contribution in [0.3, 0.4) is 0 Å². The summed E-state index contributed by atoms with van der Waals surface area (Å²) in [6.45, 7) is 0. The molecular weight excluding hydrogens is 195 g/mol. The Hall–Kier alpha value is -0.330. The molecule has 0 radical (unpaired) electrons. The Balaban J connectivity index is 0. The minimum Gasteiger partial charge on any atom is -0.747 e. The van der Waals surface area contributed by atoms with Crippen LogP contribution < -0.4 is 40.6 Å². The van der Waals surface area contributed by atoms with Gasteiger partial charge in [-0.25, -0.2) is 13.4 Å². The van der Waals surface area contributed by atoms with Crippen LogP contribution in [0.15, 0.2) is 4.99 Å². The van der Waals surface area contributed by atoms with Gasteiger partial charge in [-0.15, -0.1) is 0 Å². The number of hydrogen-bond donors (Lipinski definition) is 2. The van der Waals surface area contributed by atoms with E-state index >= 15 is 0 Å². The number of nitriles is 1. The van der Waals surface area contributed by atoms with Gasteiger partial charge in [-0.3, -0.25) is 5.32 Å². The third-order valence-electron chi connectivity index (χ3n) is 0.577. The number of nitrogens with one attached hydrogen (secondary N) is 1. The van der Waals surface area contributed by atoms with Gasteiger partial charge in [0.1, 0.15) is 16.0 Å². The number of aliphatic imine (C=N–C) groups is 1. The predicted molar refractivity (Wildman–Crippen MR) is 34.9 cm³/mol. The van der Waals surface area contributed by atoms with Gasteiger partial charge in [0.2, 0.25) is 5.96 Å². The molecule has 0 bridgehead atoms. The van der Waals surface area contributed by atoms with Gasteiger partial charge in [0.05, 0.1) is 0 Å². The fraction of sp³-hybridized carbons (Fsp3) is 0.333. The third kappa shape index (κ3) is 9.67. The number of nitrogens with two attached hydrogens (primary N) is 1. The maximum Gasteiger partial charge on any atom is 1.00 e. The molecule has 0 saturated heterocycles. The van der Waals surface area contributed by atoms with Crippen LogP contribution in [0.2, 0.25) is 0 Å². The molecule has 0 aliphatic heterocycles. The molecule has 0 aromatic rings. The Bertz CT molecular complexity index is 291. The molecule has 0 aliphatic rings. The van der Waals surface area contributed by atoms with Crippen LogP contribution in [-0.2, 0) is 10.1 Å². The van der Waals surface area contributed by atoms with Gasteiger partial charge in [0.25, 0.3) is 0 Å². The summed E-state index contributed by atoms with van der Waals surface area (Å²) in [5.41, 5.74) is 4.90. The van der Waals surface area contributed by atoms with Gasteiger partial charge in [0, 0.05) is 0 Å². The van der Waals surface area contributed by atoms with Gasteiger partial charge >= 0.3 is 29.6 Å². The molecule has 3 N–H and O–H groups in total. The molecule has 0 rings (SSSR count). The second-order valence-electron chi connectivity index (χ2n) is 1.47. The summed E-state index contributed by atoms with van der Waals surface area (Å²) < 4.78 is 29.7. The van der Waals surface area contributed by atoms with Crippen LogP contribution in [0.4, 0.5) is 0 Å². The predicted octanol–water partition coefficient (Wildman–Crippen LogP) is -5.12. The Morgan fingerprint density at radius 1 is 1.75 bits per heavy atom. The van der Waals surface area contributed by atoms with Crippen LogP contribution in [-0.4, -0.2) is 24.8 Å². The van der Waals surface area contributed by atoms with Crippen molar-refractivity contribution in [1.29, 1.82) is 5.26 Å². The first kappa shape index (κ1) is 14.2. The van der Waals surface area contributed by atoms with Crippen LogP contribution in [0, 0.1) is 11.5 Å². The number of nitrogens with zero attached hydrogens (tertiary/aromatic N) is 2. The molecule has 62 valence electrons. The van der Waals surface area contributed by atoms with Gasteiger partial charge in [-0.05, 0) is 0 Å². The Kier molecular flexibility index (Phi) is 7.36. The number of rotatable bonds is 2. The molecule has 0 saturated carbocycles. The maximum atomic E-state index is 9.91. The van der Waals surface area contributed by atoms with Gasteiger partial charge in [-0.2, -0.15) is 5.26 Å². The topological polar surface area (TPSA) is 131 Å². The largest absolute Gasteiger partial charge is 1.00 e. The normalized spacial score (nSPS) is 11.2. The molecule has 0 atom stereocenters. The van der Waals surface area contributed by atoms with Crippen molar-refractivity contribution >= 4 is 16.1 Å². The number of hydrogen-bond acceptors (Lipinski definition) is 5. The van der Waals surface area contributed by atoms with Gasteiger partial charge in [0.15, 0.2) is 6.19 Å². The van der Waals surface area contributed by atoms with E-state index < -0.39 is 22.0 Å². The summed E-state index contributed by atoms with van der Waals surface area (Å²) in [6, 6.07) is 0. The van der Waals surface area contributed by atoms with Crippen LogP contribution in [0.5, 0.6) is 0 Å². The van der Waals surface area contributed by atoms with Crippen molar-refractivity contribution in [2.24, 2.45) is 10.7 Å². The average Bonchev–Trinajstić information content (AvgIpc) is 1.83. The molecule has 0 fully saturated rings. The molecule has 0 unspecified atom stereocenters. The minimum atomic E-state index is -4.40. The standard InChI is InChI=1S/C3H6N4O3S.Na/c4-1-6-3(5)7-2-11(8,9)10;/h2H2,(H3,5,6,7)(H,8,9,10);/q;+1/p-1. The first-order valence-corrected chi connectivity index (χ1v) is 3.92.